The van der Waals surface area contributed by atoms with Crippen LogP contribution >= 0.6 is 0 Å². The van der Waals surface area contributed by atoms with E-state index in [1.165, 1.54) is 35.5 Å². The molecule has 0 aliphatic heterocycles. The van der Waals surface area contributed by atoms with Gasteiger partial charge in [0.05, 0.1) is 17.9 Å². The van der Waals surface area contributed by atoms with Gasteiger partial charge in [-0.15, -0.1) is 0 Å². The van der Waals surface area contributed by atoms with Gasteiger partial charge in [-0.05, 0) is 23.8 Å². The van der Waals surface area contributed by atoms with Crippen LogP contribution in [0.15, 0.2) is 36.9 Å². The van der Waals surface area contributed by atoms with Crippen molar-refractivity contribution in [2.24, 2.45) is 0 Å². The minimum absolute atomic E-state index is 0.301. The highest BCUT2D eigenvalue weighted by Gasteiger charge is 2.29. The molecule has 0 amide bonds. The molecule has 0 spiro atoms. The summed E-state index contributed by atoms with van der Waals surface area (Å²) in [5.41, 5.74) is 0.237. The Morgan fingerprint density at radius 1 is 1.26 bits per heavy atom. The number of alkyl halides is 3. The van der Waals surface area contributed by atoms with E-state index in [0.29, 0.717) is 11.3 Å². The second-order valence-corrected chi connectivity index (χ2v) is 3.75. The molecular weight excluding hydrogens is 259 g/mol. The number of hydrogen-bond donors (Lipinski definition) is 1. The van der Waals surface area contributed by atoms with Gasteiger partial charge in [-0.2, -0.15) is 18.3 Å². The van der Waals surface area contributed by atoms with E-state index in [4.69, 9.17) is 0 Å². The van der Waals surface area contributed by atoms with Gasteiger partial charge in [-0.1, -0.05) is 12.1 Å². The summed E-state index contributed by atoms with van der Waals surface area (Å²) < 4.78 is 38.5. The number of rotatable bonds is 3. The van der Waals surface area contributed by atoms with Crippen molar-refractivity contribution in [3.05, 3.63) is 48.0 Å². The molecule has 1 aromatic carbocycles. The predicted molar refractivity (Wildman–Crippen MR) is 62.7 cm³/mol. The lowest BCUT2D eigenvalue weighted by molar-refractivity contribution is -0.137. The third kappa shape index (κ3) is 3.19. The van der Waals surface area contributed by atoms with Crippen molar-refractivity contribution in [3.8, 4) is 0 Å². The van der Waals surface area contributed by atoms with Crippen LogP contribution in [-0.4, -0.2) is 26.5 Å². The van der Waals surface area contributed by atoms with Crippen molar-refractivity contribution >= 4 is 11.8 Å². The van der Waals surface area contributed by atoms with E-state index in [2.05, 4.69) is 10.1 Å². The molecule has 1 N–H and O–H groups in total. The summed E-state index contributed by atoms with van der Waals surface area (Å²) in [5, 5.41) is 13.0. The molecule has 19 heavy (non-hydrogen) atoms. The monoisotopic (exact) mass is 269 g/mol. The first-order valence-electron chi connectivity index (χ1n) is 5.34. The van der Waals surface area contributed by atoms with Gasteiger partial charge in [0.1, 0.15) is 12.7 Å². The van der Waals surface area contributed by atoms with Crippen LogP contribution in [0.5, 0.6) is 0 Å². The fourth-order valence-corrected chi connectivity index (χ4v) is 1.50. The van der Waals surface area contributed by atoms with Crippen LogP contribution in [0.3, 0.4) is 0 Å². The summed E-state index contributed by atoms with van der Waals surface area (Å²) in [6.45, 7) is -0.301. The van der Waals surface area contributed by atoms with E-state index in [0.717, 1.165) is 12.1 Å². The largest absolute Gasteiger partial charge is 0.416 e. The lowest BCUT2D eigenvalue weighted by Gasteiger charge is -2.07. The molecule has 0 aliphatic rings. The molecule has 1 aromatic heterocycles. The molecule has 0 saturated carbocycles. The maximum absolute atomic E-state index is 12.4. The molecule has 0 saturated heterocycles. The zero-order valence-electron chi connectivity index (χ0n) is 9.67. The topological polar surface area (TPSA) is 50.9 Å². The van der Waals surface area contributed by atoms with Gasteiger partial charge < -0.3 is 5.11 Å². The smallest absolute Gasteiger partial charge is 0.390 e. The first kappa shape index (κ1) is 13.3. The van der Waals surface area contributed by atoms with Crippen LogP contribution in [0, 0.1) is 0 Å². The van der Waals surface area contributed by atoms with Crippen LogP contribution in [-0.2, 0) is 6.18 Å². The summed E-state index contributed by atoms with van der Waals surface area (Å²) in [4.78, 5) is 3.73. The summed E-state index contributed by atoms with van der Waals surface area (Å²) in [7, 11) is 0. The zero-order valence-corrected chi connectivity index (χ0v) is 9.67. The third-order valence-electron chi connectivity index (χ3n) is 2.45. The van der Waals surface area contributed by atoms with E-state index < -0.39 is 11.7 Å². The average molecular weight is 269 g/mol. The van der Waals surface area contributed by atoms with Gasteiger partial charge in [-0.3, -0.25) is 0 Å². The summed E-state index contributed by atoms with van der Waals surface area (Å²) in [5.74, 6) is 0. The number of aromatic nitrogens is 3. The minimum atomic E-state index is -4.35. The lowest BCUT2D eigenvalue weighted by atomic mass is 10.1. The van der Waals surface area contributed by atoms with Gasteiger partial charge in [-0.25, -0.2) is 9.67 Å². The second-order valence-electron chi connectivity index (χ2n) is 3.75. The molecular formula is C12H10F3N3O. The number of hydrogen-bond acceptors (Lipinski definition) is 3. The first-order chi connectivity index (χ1) is 9.00. The molecule has 4 nitrogen and oxygen atoms in total. The average Bonchev–Trinajstić information content (AvgIpc) is 2.89. The van der Waals surface area contributed by atoms with Gasteiger partial charge >= 0.3 is 6.18 Å². The fourth-order valence-electron chi connectivity index (χ4n) is 1.50. The quantitative estimate of drug-likeness (QED) is 0.930. The normalized spacial score (nSPS) is 12.7. The van der Waals surface area contributed by atoms with E-state index in [1.54, 1.807) is 0 Å². The highest BCUT2D eigenvalue weighted by molar-refractivity contribution is 5.70. The molecule has 0 bridgehead atoms. The molecule has 2 aromatic rings. The molecule has 0 radical (unpaired) electrons. The molecule has 2 rings (SSSR count). The lowest BCUT2D eigenvalue weighted by Crippen LogP contribution is -2.04. The van der Waals surface area contributed by atoms with Gasteiger partial charge in [0, 0.05) is 0 Å². The maximum Gasteiger partial charge on any atom is 0.416 e. The van der Waals surface area contributed by atoms with Gasteiger partial charge in [0.25, 0.3) is 0 Å². The Kier molecular flexibility index (Phi) is 3.66. The van der Waals surface area contributed by atoms with E-state index in [9.17, 15) is 18.3 Å². The first-order valence-corrected chi connectivity index (χ1v) is 5.34. The van der Waals surface area contributed by atoms with E-state index in [1.807, 2.05) is 0 Å². The standard InChI is InChI=1S/C12H10F3N3O/c13-12(14,15)10-3-1-9(2-4-10)5-11(6-19)18-8-16-7-17-18/h1-5,7-8,19H,6H2. The zero-order chi connectivity index (χ0) is 13.9. The van der Waals surface area contributed by atoms with Crippen LogP contribution in [0.2, 0.25) is 0 Å². The number of aliphatic hydroxyl groups is 1. The Bertz CT molecular complexity index is 559. The fraction of sp³-hybridized carbons (Fsp3) is 0.167. The Morgan fingerprint density at radius 2 is 1.95 bits per heavy atom. The van der Waals surface area contributed by atoms with Crippen molar-refractivity contribution in [3.63, 3.8) is 0 Å². The molecule has 7 heteroatoms. The van der Waals surface area contributed by atoms with Crippen molar-refractivity contribution in [1.82, 2.24) is 14.8 Å². The third-order valence-corrected chi connectivity index (χ3v) is 2.45. The summed E-state index contributed by atoms with van der Waals surface area (Å²) in [6, 6.07) is 4.63. The highest BCUT2D eigenvalue weighted by atomic mass is 19.4. The van der Waals surface area contributed by atoms with Crippen molar-refractivity contribution in [1.29, 1.82) is 0 Å². The van der Waals surface area contributed by atoms with E-state index >= 15 is 0 Å². The summed E-state index contributed by atoms with van der Waals surface area (Å²) >= 11 is 0. The van der Waals surface area contributed by atoms with Gasteiger partial charge in [0.15, 0.2) is 0 Å². The summed E-state index contributed by atoms with van der Waals surface area (Å²) in [6.07, 6.45) is -0.120. The van der Waals surface area contributed by atoms with Crippen molar-refractivity contribution in [2.75, 3.05) is 6.61 Å². The molecule has 1 heterocycles. The van der Waals surface area contributed by atoms with Crippen LogP contribution in [0.4, 0.5) is 13.2 Å². The molecule has 0 unspecified atom stereocenters. The number of nitrogens with zero attached hydrogens (tertiary/aromatic N) is 3. The Hall–Kier alpha value is -2.15. The second kappa shape index (κ2) is 5.23. The molecule has 0 fully saturated rings. The van der Waals surface area contributed by atoms with Crippen LogP contribution in [0.25, 0.3) is 11.8 Å². The Balaban J connectivity index is 2.27. The minimum Gasteiger partial charge on any atom is -0.390 e. The SMILES string of the molecule is OCC(=Cc1ccc(C(F)(F)F)cc1)n1cncn1. The Labute approximate surface area is 106 Å². The molecule has 0 atom stereocenters. The van der Waals surface area contributed by atoms with E-state index in [-0.39, 0.29) is 6.61 Å². The van der Waals surface area contributed by atoms with Crippen molar-refractivity contribution in [2.45, 2.75) is 6.18 Å². The van der Waals surface area contributed by atoms with Crippen LogP contribution < -0.4 is 0 Å². The van der Waals surface area contributed by atoms with Crippen LogP contribution in [0.1, 0.15) is 11.1 Å². The predicted octanol–water partition coefficient (Wildman–Crippen LogP) is 2.29. The maximum atomic E-state index is 12.4. The molecule has 100 valence electrons. The Morgan fingerprint density at radius 3 is 2.42 bits per heavy atom. The van der Waals surface area contributed by atoms with Crippen molar-refractivity contribution < 1.29 is 18.3 Å². The number of halogens is 3. The molecule has 0 aliphatic carbocycles. The highest BCUT2D eigenvalue weighted by Crippen LogP contribution is 2.29. The number of aliphatic hydroxyl groups excluding tert-OH is 1. The van der Waals surface area contributed by atoms with Gasteiger partial charge in [0.2, 0.25) is 0 Å². The number of benzene rings is 1.